The van der Waals surface area contributed by atoms with Crippen LogP contribution in [0.3, 0.4) is 0 Å². The molecule has 3 heterocycles. The molecular weight excluding hydrogens is 540 g/mol. The molecule has 12 nitrogen and oxygen atoms in total. The molecule has 0 radical (unpaired) electrons. The highest BCUT2D eigenvalue weighted by atomic mass is 32.2. The second-order valence-electron chi connectivity index (χ2n) is 11.4. The number of carbonyl (C=O) groups is 3. The van der Waals surface area contributed by atoms with Gasteiger partial charge in [-0.15, -0.1) is 0 Å². The second-order valence-corrected chi connectivity index (χ2v) is 13.4. The van der Waals surface area contributed by atoms with Gasteiger partial charge in [-0.05, 0) is 49.7 Å². The van der Waals surface area contributed by atoms with Crippen molar-refractivity contribution >= 4 is 33.9 Å². The minimum Gasteiger partial charge on any atom is -0.481 e. The molecule has 1 aromatic carbocycles. The maximum atomic E-state index is 13.4. The molecule has 0 spiro atoms. The van der Waals surface area contributed by atoms with Crippen LogP contribution in [0.5, 0.6) is 0 Å². The number of nitrogens with zero attached hydrogens (tertiary/aromatic N) is 4. The smallest absolute Gasteiger partial charge is 0.409 e. The Morgan fingerprint density at radius 1 is 0.975 bits per heavy atom. The summed E-state index contributed by atoms with van der Waals surface area (Å²) in [7, 11) is -2.47. The molecule has 40 heavy (non-hydrogen) atoms. The number of rotatable bonds is 7. The molecule has 1 aliphatic carbocycles. The standard InChI is InChI=1S/C27H38N4O8S/c1-38-26(35)31-9-5-8-23(31)18-39-25(34)29-16-20-14-27(24(32)33,15-21(20)17-29)19-40(36,37)30-12-10-28(11-13-30)22-6-3-2-4-7-22/h2-4,6-7,20-21,23H,5,8-19H2,1H3,(H,32,33)/t20-,21-,23-/m0/s1. The van der Waals surface area contributed by atoms with Crippen molar-refractivity contribution in [3.63, 3.8) is 0 Å². The lowest BCUT2D eigenvalue weighted by Crippen LogP contribution is -2.51. The SMILES string of the molecule is COC(=O)N1CCC[C@H]1COC(=O)N1C[C@@H]2CC(CS(=O)(=O)N3CCN(c4ccccc4)CC3)(C(=O)O)C[C@H]2C1. The van der Waals surface area contributed by atoms with Gasteiger partial charge in [0, 0.05) is 51.5 Å². The summed E-state index contributed by atoms with van der Waals surface area (Å²) in [5, 5.41) is 10.2. The van der Waals surface area contributed by atoms with Crippen molar-refractivity contribution < 1.29 is 37.4 Å². The van der Waals surface area contributed by atoms with Gasteiger partial charge in [0.05, 0.1) is 24.3 Å². The quantitative estimate of drug-likeness (QED) is 0.514. The number of ether oxygens (including phenoxy) is 2. The Morgan fingerprint density at radius 2 is 1.62 bits per heavy atom. The molecule has 1 N–H and O–H groups in total. The zero-order valence-electron chi connectivity index (χ0n) is 22.8. The van der Waals surface area contributed by atoms with Gasteiger partial charge in [-0.1, -0.05) is 18.2 Å². The molecule has 13 heteroatoms. The zero-order valence-corrected chi connectivity index (χ0v) is 23.6. The number of methoxy groups -OCH3 is 1. The lowest BCUT2D eigenvalue weighted by atomic mass is 9.87. The van der Waals surface area contributed by atoms with Crippen molar-refractivity contribution in [2.45, 2.75) is 31.7 Å². The van der Waals surface area contributed by atoms with E-state index < -0.39 is 39.3 Å². The van der Waals surface area contributed by atoms with E-state index in [2.05, 4.69) is 4.90 Å². The number of para-hydroxylation sites is 1. The third-order valence-corrected chi connectivity index (χ3v) is 11.1. The Morgan fingerprint density at radius 3 is 2.23 bits per heavy atom. The van der Waals surface area contributed by atoms with Crippen LogP contribution in [0.4, 0.5) is 15.3 Å². The summed E-state index contributed by atoms with van der Waals surface area (Å²) in [5.41, 5.74) is -0.330. The highest BCUT2D eigenvalue weighted by Gasteiger charge is 2.56. The highest BCUT2D eigenvalue weighted by molar-refractivity contribution is 7.89. The summed E-state index contributed by atoms with van der Waals surface area (Å²) in [5.74, 6) is -1.73. The van der Waals surface area contributed by atoms with E-state index in [4.69, 9.17) is 9.47 Å². The Kier molecular flexibility index (Phi) is 8.14. The van der Waals surface area contributed by atoms with Gasteiger partial charge >= 0.3 is 18.2 Å². The van der Waals surface area contributed by atoms with E-state index in [-0.39, 0.29) is 37.3 Å². The van der Waals surface area contributed by atoms with E-state index in [1.165, 1.54) is 11.4 Å². The number of likely N-dealkylation sites (tertiary alicyclic amines) is 2. The van der Waals surface area contributed by atoms with Gasteiger partial charge in [-0.3, -0.25) is 4.79 Å². The number of anilines is 1. The molecule has 3 atom stereocenters. The molecule has 220 valence electrons. The number of hydrogen-bond acceptors (Lipinski definition) is 8. The number of amides is 2. The lowest BCUT2D eigenvalue weighted by Gasteiger charge is -2.37. The molecule has 3 saturated heterocycles. The first-order valence-electron chi connectivity index (χ1n) is 13.9. The summed E-state index contributed by atoms with van der Waals surface area (Å²) in [6, 6.07) is 9.59. The fraction of sp³-hybridized carbons (Fsp3) is 0.667. The Hall–Kier alpha value is -3.06. The van der Waals surface area contributed by atoms with E-state index >= 15 is 0 Å². The Labute approximate surface area is 234 Å². The van der Waals surface area contributed by atoms with E-state index in [0.29, 0.717) is 45.8 Å². The molecule has 0 unspecified atom stereocenters. The summed E-state index contributed by atoms with van der Waals surface area (Å²) in [6.07, 6.45) is 1.03. The summed E-state index contributed by atoms with van der Waals surface area (Å²) < 4.78 is 38.6. The minimum atomic E-state index is -3.79. The van der Waals surface area contributed by atoms with E-state index in [1.54, 1.807) is 9.80 Å². The third-order valence-electron chi connectivity index (χ3n) is 8.99. The van der Waals surface area contributed by atoms with Crippen molar-refractivity contribution in [1.82, 2.24) is 14.1 Å². The first kappa shape index (κ1) is 28.5. The number of carboxylic acid groups (broad SMARTS) is 1. The van der Waals surface area contributed by atoms with Crippen molar-refractivity contribution in [2.24, 2.45) is 17.3 Å². The lowest BCUT2D eigenvalue weighted by molar-refractivity contribution is -0.147. The van der Waals surface area contributed by atoms with Gasteiger partial charge in [0.2, 0.25) is 10.0 Å². The molecule has 0 aromatic heterocycles. The molecule has 1 saturated carbocycles. The van der Waals surface area contributed by atoms with Crippen LogP contribution in [0.2, 0.25) is 0 Å². The number of hydrogen-bond donors (Lipinski definition) is 1. The predicted octanol–water partition coefficient (Wildman–Crippen LogP) is 1.92. The van der Waals surface area contributed by atoms with Crippen molar-refractivity contribution in [2.75, 3.05) is 70.2 Å². The molecule has 0 bridgehead atoms. The number of sulfonamides is 1. The number of aliphatic carboxylic acids is 1. The van der Waals surface area contributed by atoms with Crippen LogP contribution >= 0.6 is 0 Å². The number of carboxylic acids is 1. The largest absolute Gasteiger partial charge is 0.481 e. The molecular formula is C27H38N4O8S. The van der Waals surface area contributed by atoms with Crippen LogP contribution in [-0.4, -0.2) is 117 Å². The van der Waals surface area contributed by atoms with Crippen molar-refractivity contribution in [3.8, 4) is 0 Å². The van der Waals surface area contributed by atoms with Crippen LogP contribution in [0, 0.1) is 17.3 Å². The van der Waals surface area contributed by atoms with Gasteiger partial charge in [-0.25, -0.2) is 18.0 Å². The highest BCUT2D eigenvalue weighted by Crippen LogP contribution is 2.50. The number of piperazine rings is 1. The zero-order chi connectivity index (χ0) is 28.5. The fourth-order valence-corrected chi connectivity index (χ4v) is 8.88. The van der Waals surface area contributed by atoms with Crippen LogP contribution in [0.15, 0.2) is 30.3 Å². The molecule has 1 aromatic rings. The molecule has 2 amide bonds. The summed E-state index contributed by atoms with van der Waals surface area (Å²) in [4.78, 5) is 42.5. The maximum Gasteiger partial charge on any atom is 0.409 e. The minimum absolute atomic E-state index is 0.0780. The van der Waals surface area contributed by atoms with Gasteiger partial charge in [-0.2, -0.15) is 4.31 Å². The van der Waals surface area contributed by atoms with Crippen molar-refractivity contribution in [1.29, 1.82) is 0 Å². The molecule has 4 fully saturated rings. The predicted molar refractivity (Wildman–Crippen MR) is 145 cm³/mol. The molecule has 3 aliphatic heterocycles. The van der Waals surface area contributed by atoms with Crippen molar-refractivity contribution in [3.05, 3.63) is 30.3 Å². The topological polar surface area (TPSA) is 137 Å². The number of benzene rings is 1. The molecule has 5 rings (SSSR count). The first-order chi connectivity index (χ1) is 19.1. The summed E-state index contributed by atoms with van der Waals surface area (Å²) in [6.45, 7) is 3.02. The van der Waals surface area contributed by atoms with Gasteiger partial charge in [0.1, 0.15) is 6.61 Å². The Balaban J connectivity index is 1.15. The average Bonchev–Trinajstić information content (AvgIpc) is 3.66. The molecule has 4 aliphatic rings. The van der Waals surface area contributed by atoms with Crippen LogP contribution in [-0.2, 0) is 24.3 Å². The van der Waals surface area contributed by atoms with E-state index in [9.17, 15) is 27.9 Å². The van der Waals surface area contributed by atoms with Crippen LogP contribution < -0.4 is 4.90 Å². The summed E-state index contributed by atoms with van der Waals surface area (Å²) >= 11 is 0. The van der Waals surface area contributed by atoms with E-state index in [0.717, 1.165) is 18.5 Å². The van der Waals surface area contributed by atoms with Crippen LogP contribution in [0.25, 0.3) is 0 Å². The number of fused-ring (bicyclic) bond motifs is 1. The van der Waals surface area contributed by atoms with Gasteiger partial charge in [0.15, 0.2) is 0 Å². The van der Waals surface area contributed by atoms with Crippen LogP contribution in [0.1, 0.15) is 25.7 Å². The second kappa shape index (κ2) is 11.4. The van der Waals surface area contributed by atoms with E-state index in [1.807, 2.05) is 30.3 Å². The average molecular weight is 579 g/mol. The fourth-order valence-electron chi connectivity index (χ4n) is 6.92. The normalized spacial score (nSPS) is 26.5. The number of carbonyl (C=O) groups excluding carboxylic acids is 2. The van der Waals surface area contributed by atoms with Gasteiger partial charge < -0.3 is 29.3 Å². The monoisotopic (exact) mass is 578 g/mol. The third kappa shape index (κ3) is 5.71. The van der Waals surface area contributed by atoms with Gasteiger partial charge in [0.25, 0.3) is 0 Å². The first-order valence-corrected chi connectivity index (χ1v) is 15.5. The maximum absolute atomic E-state index is 13.4. The Bertz CT molecular complexity index is 1190.